The fourth-order valence-electron chi connectivity index (χ4n) is 0.840. The molecule has 3 N–H and O–H groups in total. The molecule has 0 aliphatic heterocycles. The zero-order valence-corrected chi connectivity index (χ0v) is 8.21. The molecule has 1 aromatic heterocycles. The van der Waals surface area contributed by atoms with Gasteiger partial charge in [0.2, 0.25) is 0 Å². The van der Waals surface area contributed by atoms with Crippen molar-refractivity contribution in [3.8, 4) is 0 Å². The standard InChI is InChI=1S/C8H12N4S/c1-2-6(7(9)10)13-8-11-4-3-5-12-8/h3-6H,2H2,1H3,(H3,9,10). The Morgan fingerprint density at radius 1 is 1.62 bits per heavy atom. The second-order valence-electron chi connectivity index (χ2n) is 2.50. The Hall–Kier alpha value is -1.10. The van der Waals surface area contributed by atoms with Crippen LogP contribution in [-0.2, 0) is 0 Å². The van der Waals surface area contributed by atoms with Gasteiger partial charge in [-0.15, -0.1) is 0 Å². The summed E-state index contributed by atoms with van der Waals surface area (Å²) in [5.74, 6) is 0.181. The van der Waals surface area contributed by atoms with Crippen LogP contribution >= 0.6 is 11.8 Å². The summed E-state index contributed by atoms with van der Waals surface area (Å²) in [6.07, 6.45) is 4.18. The number of aromatic nitrogens is 2. The molecule has 0 aliphatic rings. The second kappa shape index (κ2) is 4.81. The van der Waals surface area contributed by atoms with Crippen molar-refractivity contribution >= 4 is 17.6 Å². The Morgan fingerprint density at radius 3 is 2.69 bits per heavy atom. The average molecular weight is 196 g/mol. The van der Waals surface area contributed by atoms with Gasteiger partial charge in [0.15, 0.2) is 5.16 Å². The number of hydrogen-bond acceptors (Lipinski definition) is 4. The van der Waals surface area contributed by atoms with Crippen LogP contribution in [0.15, 0.2) is 23.6 Å². The Balaban J connectivity index is 2.62. The first-order valence-corrected chi connectivity index (χ1v) is 4.89. The van der Waals surface area contributed by atoms with Gasteiger partial charge in [-0.1, -0.05) is 18.7 Å². The number of nitrogens with one attached hydrogen (secondary N) is 1. The first-order chi connectivity index (χ1) is 6.24. The lowest BCUT2D eigenvalue weighted by Crippen LogP contribution is -2.24. The third-order valence-corrected chi connectivity index (χ3v) is 2.80. The zero-order chi connectivity index (χ0) is 9.68. The Bertz CT molecular complexity index is 275. The highest BCUT2D eigenvalue weighted by atomic mass is 32.2. The quantitative estimate of drug-likeness (QED) is 0.329. The van der Waals surface area contributed by atoms with Crippen molar-refractivity contribution in [2.45, 2.75) is 23.8 Å². The molecule has 1 unspecified atom stereocenters. The minimum absolute atomic E-state index is 0.0117. The minimum atomic E-state index is -0.0117. The van der Waals surface area contributed by atoms with E-state index in [1.54, 1.807) is 18.5 Å². The van der Waals surface area contributed by atoms with E-state index in [1.165, 1.54) is 11.8 Å². The predicted octanol–water partition coefficient (Wildman–Crippen LogP) is 1.28. The maximum absolute atomic E-state index is 7.30. The number of amidine groups is 1. The highest BCUT2D eigenvalue weighted by molar-refractivity contribution is 8.00. The lowest BCUT2D eigenvalue weighted by atomic mass is 10.3. The third-order valence-electron chi connectivity index (χ3n) is 1.51. The predicted molar refractivity (Wildman–Crippen MR) is 53.9 cm³/mol. The van der Waals surface area contributed by atoms with E-state index < -0.39 is 0 Å². The summed E-state index contributed by atoms with van der Waals surface area (Å²) < 4.78 is 0. The molecular formula is C8H12N4S. The van der Waals surface area contributed by atoms with Crippen molar-refractivity contribution < 1.29 is 0 Å². The summed E-state index contributed by atoms with van der Waals surface area (Å²) in [7, 11) is 0. The molecule has 0 aliphatic carbocycles. The molecule has 5 heteroatoms. The van der Waals surface area contributed by atoms with Gasteiger partial charge in [-0.25, -0.2) is 9.97 Å². The summed E-state index contributed by atoms with van der Waals surface area (Å²) in [5, 5.41) is 7.96. The van der Waals surface area contributed by atoms with Crippen LogP contribution in [0.2, 0.25) is 0 Å². The molecule has 0 saturated heterocycles. The maximum atomic E-state index is 7.30. The number of rotatable bonds is 4. The normalized spacial score (nSPS) is 12.4. The second-order valence-corrected chi connectivity index (χ2v) is 3.67. The lowest BCUT2D eigenvalue weighted by molar-refractivity contribution is 0.938. The van der Waals surface area contributed by atoms with E-state index in [-0.39, 0.29) is 11.1 Å². The van der Waals surface area contributed by atoms with Crippen molar-refractivity contribution in [2.24, 2.45) is 5.73 Å². The van der Waals surface area contributed by atoms with Gasteiger partial charge in [-0.05, 0) is 12.5 Å². The van der Waals surface area contributed by atoms with Crippen molar-refractivity contribution in [3.05, 3.63) is 18.5 Å². The van der Waals surface area contributed by atoms with E-state index in [0.29, 0.717) is 5.16 Å². The summed E-state index contributed by atoms with van der Waals surface area (Å²) in [6.45, 7) is 1.99. The summed E-state index contributed by atoms with van der Waals surface area (Å²) >= 11 is 1.43. The molecule has 1 atom stereocenters. The number of nitrogens with zero attached hydrogens (tertiary/aromatic N) is 2. The summed E-state index contributed by atoms with van der Waals surface area (Å²) in [6, 6.07) is 1.76. The molecule has 0 bridgehead atoms. The molecule has 1 aromatic rings. The Morgan fingerprint density at radius 2 is 2.23 bits per heavy atom. The summed E-state index contributed by atoms with van der Waals surface area (Å²) in [4.78, 5) is 8.10. The van der Waals surface area contributed by atoms with Crippen molar-refractivity contribution in [2.75, 3.05) is 0 Å². The molecule has 70 valence electrons. The van der Waals surface area contributed by atoms with Gasteiger partial charge >= 0.3 is 0 Å². The van der Waals surface area contributed by atoms with E-state index in [4.69, 9.17) is 11.1 Å². The van der Waals surface area contributed by atoms with Crippen molar-refractivity contribution in [1.29, 1.82) is 5.41 Å². The molecule has 1 rings (SSSR count). The van der Waals surface area contributed by atoms with Crippen LogP contribution in [0.3, 0.4) is 0 Å². The monoisotopic (exact) mass is 196 g/mol. The molecule has 1 heterocycles. The van der Waals surface area contributed by atoms with Gasteiger partial charge < -0.3 is 5.73 Å². The van der Waals surface area contributed by atoms with Crippen LogP contribution in [0.4, 0.5) is 0 Å². The van der Waals surface area contributed by atoms with Crippen molar-refractivity contribution in [3.63, 3.8) is 0 Å². The Kier molecular flexibility index (Phi) is 3.70. The molecular weight excluding hydrogens is 184 g/mol. The molecule has 0 amide bonds. The molecule has 0 aromatic carbocycles. The van der Waals surface area contributed by atoms with E-state index in [2.05, 4.69) is 9.97 Å². The van der Waals surface area contributed by atoms with Gasteiger partial charge in [0.1, 0.15) is 5.84 Å². The SMILES string of the molecule is CCC(Sc1ncccn1)C(=N)N. The van der Waals surface area contributed by atoms with E-state index in [9.17, 15) is 0 Å². The van der Waals surface area contributed by atoms with Gasteiger partial charge in [0, 0.05) is 12.4 Å². The molecule has 13 heavy (non-hydrogen) atoms. The van der Waals surface area contributed by atoms with Gasteiger partial charge in [0.05, 0.1) is 5.25 Å². The van der Waals surface area contributed by atoms with Gasteiger partial charge in [-0.2, -0.15) is 0 Å². The van der Waals surface area contributed by atoms with E-state index in [0.717, 1.165) is 6.42 Å². The van der Waals surface area contributed by atoms with E-state index in [1.807, 2.05) is 6.92 Å². The van der Waals surface area contributed by atoms with E-state index >= 15 is 0 Å². The van der Waals surface area contributed by atoms with Gasteiger partial charge in [0.25, 0.3) is 0 Å². The zero-order valence-electron chi connectivity index (χ0n) is 7.40. The number of hydrogen-bond donors (Lipinski definition) is 2. The largest absolute Gasteiger partial charge is 0.387 e. The maximum Gasteiger partial charge on any atom is 0.188 e. The van der Waals surface area contributed by atoms with Crippen LogP contribution < -0.4 is 5.73 Å². The fraction of sp³-hybridized carbons (Fsp3) is 0.375. The average Bonchev–Trinajstić information content (AvgIpc) is 2.15. The minimum Gasteiger partial charge on any atom is -0.387 e. The Labute approximate surface area is 81.5 Å². The highest BCUT2D eigenvalue weighted by Gasteiger charge is 2.12. The molecule has 0 radical (unpaired) electrons. The van der Waals surface area contributed by atoms with Crippen LogP contribution in [-0.4, -0.2) is 21.1 Å². The first kappa shape index (κ1) is 9.98. The summed E-state index contributed by atoms with van der Waals surface area (Å²) in [5.41, 5.74) is 5.40. The van der Waals surface area contributed by atoms with Gasteiger partial charge in [-0.3, -0.25) is 5.41 Å². The van der Waals surface area contributed by atoms with Crippen molar-refractivity contribution in [1.82, 2.24) is 9.97 Å². The first-order valence-electron chi connectivity index (χ1n) is 4.01. The van der Waals surface area contributed by atoms with Crippen LogP contribution in [0.25, 0.3) is 0 Å². The van der Waals surface area contributed by atoms with Crippen LogP contribution in [0.1, 0.15) is 13.3 Å². The number of nitrogens with two attached hydrogens (primary N) is 1. The number of thioether (sulfide) groups is 1. The van der Waals surface area contributed by atoms with Crippen LogP contribution in [0, 0.1) is 5.41 Å². The third kappa shape index (κ3) is 3.02. The fourth-order valence-corrected chi connectivity index (χ4v) is 1.63. The molecule has 0 saturated carbocycles. The highest BCUT2D eigenvalue weighted by Crippen LogP contribution is 2.20. The topological polar surface area (TPSA) is 75.7 Å². The van der Waals surface area contributed by atoms with Crippen LogP contribution in [0.5, 0.6) is 0 Å². The smallest absolute Gasteiger partial charge is 0.188 e. The molecule has 0 spiro atoms. The molecule has 0 fully saturated rings. The molecule has 4 nitrogen and oxygen atoms in total. The lowest BCUT2D eigenvalue weighted by Gasteiger charge is -2.10.